The topological polar surface area (TPSA) is 66.5 Å². The Morgan fingerprint density at radius 3 is 2.37 bits per heavy atom. The van der Waals surface area contributed by atoms with Crippen LogP contribution in [0.4, 0.5) is 11.4 Å². The van der Waals surface area contributed by atoms with Gasteiger partial charge in [-0.3, -0.25) is 9.10 Å². The summed E-state index contributed by atoms with van der Waals surface area (Å²) in [6, 6.07) is 9.82. The van der Waals surface area contributed by atoms with Crippen LogP contribution in [0.2, 0.25) is 15.1 Å². The smallest absolute Gasteiger partial charge is 0.232 e. The SMILES string of the molecule is Cc1ccc(Cl)cc1NC(=O)CCCN(c1cc(Cl)ccc1Cl)S(C)(=O)=O. The molecule has 0 atom stereocenters. The van der Waals surface area contributed by atoms with E-state index in [4.69, 9.17) is 34.8 Å². The van der Waals surface area contributed by atoms with Crippen LogP contribution in [-0.4, -0.2) is 27.1 Å². The van der Waals surface area contributed by atoms with E-state index in [0.717, 1.165) is 16.1 Å². The molecule has 2 aromatic carbocycles. The molecule has 0 heterocycles. The van der Waals surface area contributed by atoms with Gasteiger partial charge in [-0.2, -0.15) is 0 Å². The molecule has 146 valence electrons. The number of benzene rings is 2. The van der Waals surface area contributed by atoms with Crippen LogP contribution in [-0.2, 0) is 14.8 Å². The minimum absolute atomic E-state index is 0.0981. The van der Waals surface area contributed by atoms with Crippen molar-refractivity contribution in [1.82, 2.24) is 0 Å². The summed E-state index contributed by atoms with van der Waals surface area (Å²) in [4.78, 5) is 12.2. The first-order valence-electron chi connectivity index (χ1n) is 8.06. The number of nitrogens with one attached hydrogen (secondary N) is 1. The van der Waals surface area contributed by atoms with Crippen LogP contribution < -0.4 is 9.62 Å². The van der Waals surface area contributed by atoms with Gasteiger partial charge in [0.1, 0.15) is 0 Å². The maximum atomic E-state index is 12.2. The zero-order valence-corrected chi connectivity index (χ0v) is 17.9. The number of hydrogen-bond donors (Lipinski definition) is 1. The number of hydrogen-bond acceptors (Lipinski definition) is 3. The van der Waals surface area contributed by atoms with E-state index >= 15 is 0 Å². The van der Waals surface area contributed by atoms with Crippen LogP contribution in [0, 0.1) is 6.92 Å². The van der Waals surface area contributed by atoms with Gasteiger partial charge in [-0.05, 0) is 49.2 Å². The summed E-state index contributed by atoms with van der Waals surface area (Å²) in [5.41, 5.74) is 1.80. The number of halogens is 3. The monoisotopic (exact) mass is 448 g/mol. The highest BCUT2D eigenvalue weighted by atomic mass is 35.5. The fourth-order valence-corrected chi connectivity index (χ4v) is 4.04. The quantitative estimate of drug-likeness (QED) is 0.636. The van der Waals surface area contributed by atoms with Crippen LogP contribution in [0.3, 0.4) is 0 Å². The number of carbonyl (C=O) groups excluding carboxylic acids is 1. The Morgan fingerprint density at radius 2 is 1.70 bits per heavy atom. The minimum Gasteiger partial charge on any atom is -0.326 e. The van der Waals surface area contributed by atoms with E-state index in [1.165, 1.54) is 12.1 Å². The lowest BCUT2D eigenvalue weighted by atomic mass is 10.2. The van der Waals surface area contributed by atoms with Crippen molar-refractivity contribution in [2.24, 2.45) is 0 Å². The molecule has 9 heteroatoms. The number of rotatable bonds is 7. The second kappa shape index (κ2) is 9.15. The summed E-state index contributed by atoms with van der Waals surface area (Å²) in [5, 5.41) is 3.95. The maximum absolute atomic E-state index is 12.2. The minimum atomic E-state index is -3.59. The first kappa shape index (κ1) is 21.8. The summed E-state index contributed by atoms with van der Waals surface area (Å²) >= 11 is 18.0. The van der Waals surface area contributed by atoms with Crippen molar-refractivity contribution in [1.29, 1.82) is 0 Å². The molecule has 0 bridgehead atoms. The van der Waals surface area contributed by atoms with E-state index in [0.29, 0.717) is 22.2 Å². The van der Waals surface area contributed by atoms with Gasteiger partial charge in [-0.1, -0.05) is 40.9 Å². The molecule has 0 fully saturated rings. The number of anilines is 2. The predicted octanol–water partition coefficient (Wildman–Crippen LogP) is 5.14. The van der Waals surface area contributed by atoms with E-state index < -0.39 is 10.0 Å². The number of aryl methyl sites for hydroxylation is 1. The van der Waals surface area contributed by atoms with E-state index in [1.54, 1.807) is 18.2 Å². The van der Waals surface area contributed by atoms with Gasteiger partial charge in [-0.15, -0.1) is 0 Å². The summed E-state index contributed by atoms with van der Waals surface area (Å²) in [6.45, 7) is 1.96. The molecule has 0 aliphatic rings. The summed E-state index contributed by atoms with van der Waals surface area (Å²) in [7, 11) is -3.59. The molecule has 0 saturated heterocycles. The van der Waals surface area contributed by atoms with Gasteiger partial charge in [0, 0.05) is 28.7 Å². The Hall–Kier alpha value is -1.47. The van der Waals surface area contributed by atoms with Crippen molar-refractivity contribution in [3.05, 3.63) is 57.0 Å². The number of nitrogens with zero attached hydrogens (tertiary/aromatic N) is 1. The maximum Gasteiger partial charge on any atom is 0.232 e. The lowest BCUT2D eigenvalue weighted by molar-refractivity contribution is -0.116. The van der Waals surface area contributed by atoms with Gasteiger partial charge in [-0.25, -0.2) is 8.42 Å². The molecular formula is C18H19Cl3N2O3S. The molecule has 0 unspecified atom stereocenters. The van der Waals surface area contributed by atoms with Crippen molar-refractivity contribution in [2.45, 2.75) is 19.8 Å². The molecule has 0 radical (unpaired) electrons. The average Bonchev–Trinajstić information content (AvgIpc) is 2.56. The van der Waals surface area contributed by atoms with Crippen molar-refractivity contribution in [3.63, 3.8) is 0 Å². The van der Waals surface area contributed by atoms with Crippen LogP contribution >= 0.6 is 34.8 Å². The highest BCUT2D eigenvalue weighted by molar-refractivity contribution is 7.92. The summed E-state index contributed by atoms with van der Waals surface area (Å²) in [6.07, 6.45) is 1.52. The molecule has 27 heavy (non-hydrogen) atoms. The van der Waals surface area contributed by atoms with Gasteiger partial charge < -0.3 is 5.32 Å². The zero-order chi connectivity index (χ0) is 20.2. The van der Waals surface area contributed by atoms with Crippen LogP contribution in [0.25, 0.3) is 0 Å². The van der Waals surface area contributed by atoms with Crippen LogP contribution in [0.5, 0.6) is 0 Å². The average molecular weight is 450 g/mol. The Kier molecular flexibility index (Phi) is 7.40. The molecule has 0 spiro atoms. The van der Waals surface area contributed by atoms with Crippen LogP contribution in [0.15, 0.2) is 36.4 Å². The molecule has 2 rings (SSSR count). The highest BCUT2D eigenvalue weighted by Gasteiger charge is 2.20. The number of carbonyl (C=O) groups is 1. The molecule has 2 aromatic rings. The van der Waals surface area contributed by atoms with Gasteiger partial charge in [0.2, 0.25) is 15.9 Å². The Morgan fingerprint density at radius 1 is 1.07 bits per heavy atom. The summed E-state index contributed by atoms with van der Waals surface area (Å²) < 4.78 is 25.5. The third-order valence-corrected chi connectivity index (χ3v) is 5.79. The Bertz CT molecular complexity index is 949. The van der Waals surface area contributed by atoms with Gasteiger partial charge in [0.15, 0.2) is 0 Å². The second-order valence-electron chi connectivity index (χ2n) is 6.04. The first-order chi connectivity index (χ1) is 12.6. The highest BCUT2D eigenvalue weighted by Crippen LogP contribution is 2.31. The summed E-state index contributed by atoms with van der Waals surface area (Å²) in [5.74, 6) is -0.231. The predicted molar refractivity (Wildman–Crippen MR) is 113 cm³/mol. The molecular weight excluding hydrogens is 431 g/mol. The van der Waals surface area contributed by atoms with Gasteiger partial charge >= 0.3 is 0 Å². The number of amides is 1. The van der Waals surface area contributed by atoms with E-state index in [2.05, 4.69) is 5.32 Å². The van der Waals surface area contributed by atoms with E-state index in [1.807, 2.05) is 13.0 Å². The van der Waals surface area contributed by atoms with Crippen molar-refractivity contribution in [3.8, 4) is 0 Å². The lowest BCUT2D eigenvalue weighted by Crippen LogP contribution is -2.31. The molecule has 0 aliphatic heterocycles. The molecule has 0 saturated carbocycles. The normalized spacial score (nSPS) is 11.3. The van der Waals surface area contributed by atoms with Gasteiger partial charge in [0.25, 0.3) is 0 Å². The largest absolute Gasteiger partial charge is 0.326 e. The molecule has 0 aromatic heterocycles. The van der Waals surface area contributed by atoms with Crippen molar-refractivity contribution in [2.75, 3.05) is 22.4 Å². The number of sulfonamides is 1. The molecule has 1 N–H and O–H groups in total. The van der Waals surface area contributed by atoms with E-state index in [9.17, 15) is 13.2 Å². The lowest BCUT2D eigenvalue weighted by Gasteiger charge is -2.23. The Labute approximate surface area is 174 Å². The fraction of sp³-hybridized carbons (Fsp3) is 0.278. The van der Waals surface area contributed by atoms with Crippen molar-refractivity contribution < 1.29 is 13.2 Å². The third-order valence-electron chi connectivity index (χ3n) is 3.82. The standard InChI is InChI=1S/C18H19Cl3N2O3S/c1-12-5-6-13(19)10-16(12)22-18(24)4-3-9-23(27(2,25)26)17-11-14(20)7-8-15(17)21/h5-8,10-11H,3-4,9H2,1-2H3,(H,22,24). The first-order valence-corrected chi connectivity index (χ1v) is 11.0. The molecule has 1 amide bonds. The zero-order valence-electron chi connectivity index (χ0n) is 14.8. The van der Waals surface area contributed by atoms with Gasteiger partial charge in [0.05, 0.1) is 17.0 Å². The second-order valence-corrected chi connectivity index (χ2v) is 9.23. The van der Waals surface area contributed by atoms with E-state index in [-0.39, 0.29) is 29.6 Å². The Balaban J connectivity index is 2.05. The molecule has 0 aliphatic carbocycles. The van der Waals surface area contributed by atoms with Crippen LogP contribution in [0.1, 0.15) is 18.4 Å². The third kappa shape index (κ3) is 6.28. The molecule has 5 nitrogen and oxygen atoms in total. The van der Waals surface area contributed by atoms with Crippen molar-refractivity contribution >= 4 is 62.1 Å². The fourth-order valence-electron chi connectivity index (χ4n) is 2.47.